The molecule has 0 amide bonds. The van der Waals surface area contributed by atoms with E-state index in [2.05, 4.69) is 15.9 Å². The molecule has 2 aromatic carbocycles. The van der Waals surface area contributed by atoms with Crippen LogP contribution in [0.5, 0.6) is 23.0 Å². The van der Waals surface area contributed by atoms with Crippen LogP contribution in [0.1, 0.15) is 0 Å². The van der Waals surface area contributed by atoms with Crippen molar-refractivity contribution < 1.29 is 14.9 Å². The van der Waals surface area contributed by atoms with Crippen LogP contribution in [0.3, 0.4) is 0 Å². The van der Waals surface area contributed by atoms with Gasteiger partial charge >= 0.3 is 0 Å². The van der Waals surface area contributed by atoms with Gasteiger partial charge in [0, 0.05) is 0 Å². The predicted octanol–water partition coefficient (Wildman–Crippen LogP) is 3.65. The van der Waals surface area contributed by atoms with E-state index in [4.69, 9.17) is 4.74 Å². The van der Waals surface area contributed by atoms with Crippen LogP contribution in [0.25, 0.3) is 0 Å². The molecule has 0 radical (unpaired) electrons. The van der Waals surface area contributed by atoms with Gasteiger partial charge in [-0.2, -0.15) is 0 Å². The predicted molar refractivity (Wildman–Crippen MR) is 64.0 cm³/mol. The molecule has 0 aliphatic rings. The zero-order chi connectivity index (χ0) is 11.5. The summed E-state index contributed by atoms with van der Waals surface area (Å²) in [6.07, 6.45) is 0. The Hall–Kier alpha value is -1.68. The number of hydrogen-bond acceptors (Lipinski definition) is 3. The molecule has 0 unspecified atom stereocenters. The monoisotopic (exact) mass is 280 g/mol. The van der Waals surface area contributed by atoms with Gasteiger partial charge in [-0.1, -0.05) is 18.2 Å². The average molecular weight is 281 g/mol. The summed E-state index contributed by atoms with van der Waals surface area (Å²) in [5, 5.41) is 19.2. The van der Waals surface area contributed by atoms with Crippen LogP contribution in [-0.4, -0.2) is 10.2 Å². The maximum Gasteiger partial charge on any atom is 0.172 e. The van der Waals surface area contributed by atoms with E-state index in [1.165, 1.54) is 6.07 Å². The second-order valence-electron chi connectivity index (χ2n) is 3.16. The Kier molecular flexibility index (Phi) is 3.01. The Morgan fingerprint density at radius 1 is 0.875 bits per heavy atom. The number of benzene rings is 2. The Balaban J connectivity index is 2.35. The van der Waals surface area contributed by atoms with Crippen LogP contribution in [0.15, 0.2) is 46.9 Å². The van der Waals surface area contributed by atoms with E-state index >= 15 is 0 Å². The first-order valence-corrected chi connectivity index (χ1v) is 5.41. The molecule has 0 spiro atoms. The van der Waals surface area contributed by atoms with Crippen LogP contribution in [0.2, 0.25) is 0 Å². The van der Waals surface area contributed by atoms with Gasteiger partial charge in [0.25, 0.3) is 0 Å². The van der Waals surface area contributed by atoms with Crippen molar-refractivity contribution in [2.24, 2.45) is 0 Å². The third kappa shape index (κ3) is 2.12. The molecule has 82 valence electrons. The van der Waals surface area contributed by atoms with Gasteiger partial charge < -0.3 is 14.9 Å². The Bertz CT molecular complexity index is 511. The highest BCUT2D eigenvalue weighted by molar-refractivity contribution is 9.10. The third-order valence-corrected chi connectivity index (χ3v) is 2.67. The van der Waals surface area contributed by atoms with Gasteiger partial charge in [0.2, 0.25) is 0 Å². The number of phenols is 2. The first kappa shape index (κ1) is 10.8. The van der Waals surface area contributed by atoms with Crippen molar-refractivity contribution in [3.8, 4) is 23.0 Å². The lowest BCUT2D eigenvalue weighted by molar-refractivity contribution is 0.384. The number of halogens is 1. The molecule has 0 heterocycles. The average Bonchev–Trinajstić information content (AvgIpc) is 2.28. The lowest BCUT2D eigenvalue weighted by Crippen LogP contribution is -1.85. The van der Waals surface area contributed by atoms with Crippen LogP contribution in [0.4, 0.5) is 0 Å². The normalized spacial score (nSPS) is 10.1. The Labute approximate surface area is 101 Å². The molecular formula is C12H9BrO3. The number of para-hydroxylation sites is 3. The Morgan fingerprint density at radius 3 is 2.31 bits per heavy atom. The van der Waals surface area contributed by atoms with Gasteiger partial charge in [0.1, 0.15) is 0 Å². The number of ether oxygens (including phenoxy) is 1. The summed E-state index contributed by atoms with van der Waals surface area (Å²) in [7, 11) is 0. The molecule has 0 aromatic heterocycles. The number of aromatic hydroxyl groups is 2. The fourth-order valence-electron chi connectivity index (χ4n) is 1.24. The zero-order valence-corrected chi connectivity index (χ0v) is 9.81. The third-order valence-electron chi connectivity index (χ3n) is 2.03. The second kappa shape index (κ2) is 4.45. The van der Waals surface area contributed by atoms with Crippen molar-refractivity contribution in [2.45, 2.75) is 0 Å². The molecule has 4 heteroatoms. The van der Waals surface area contributed by atoms with Gasteiger partial charge in [-0.25, -0.2) is 0 Å². The Morgan fingerprint density at radius 2 is 1.56 bits per heavy atom. The summed E-state index contributed by atoms with van der Waals surface area (Å²) in [4.78, 5) is 0. The van der Waals surface area contributed by atoms with Crippen molar-refractivity contribution in [3.05, 3.63) is 46.9 Å². The maximum absolute atomic E-state index is 9.70. The zero-order valence-electron chi connectivity index (χ0n) is 8.22. The van der Waals surface area contributed by atoms with Crippen LogP contribution in [0, 0.1) is 0 Å². The fraction of sp³-hybridized carbons (Fsp3) is 0. The molecule has 2 N–H and O–H groups in total. The summed E-state index contributed by atoms with van der Waals surface area (Å²) in [6.45, 7) is 0. The van der Waals surface area contributed by atoms with Gasteiger partial charge in [-0.3, -0.25) is 0 Å². The van der Waals surface area contributed by atoms with E-state index in [0.717, 1.165) is 0 Å². The molecule has 3 nitrogen and oxygen atoms in total. The molecule has 0 fully saturated rings. The lowest BCUT2D eigenvalue weighted by atomic mass is 10.3. The quantitative estimate of drug-likeness (QED) is 0.883. The standard InChI is InChI=1S/C12H9BrO3/c13-8-4-3-7-11(12(8)15)16-10-6-2-1-5-9(10)14/h1-7,14-15H. The first-order chi connectivity index (χ1) is 7.68. The summed E-state index contributed by atoms with van der Waals surface area (Å²) < 4.78 is 5.93. The molecule has 0 atom stereocenters. The van der Waals surface area contributed by atoms with E-state index in [1.54, 1.807) is 36.4 Å². The largest absolute Gasteiger partial charge is 0.504 e. The molecule has 0 saturated heterocycles. The summed E-state index contributed by atoms with van der Waals surface area (Å²) in [5.41, 5.74) is 0. The van der Waals surface area contributed by atoms with Gasteiger partial charge in [0.05, 0.1) is 4.47 Å². The molecule has 16 heavy (non-hydrogen) atoms. The van der Waals surface area contributed by atoms with Crippen LogP contribution < -0.4 is 4.74 Å². The van der Waals surface area contributed by atoms with Crippen molar-refractivity contribution in [3.63, 3.8) is 0 Å². The smallest absolute Gasteiger partial charge is 0.172 e. The minimum Gasteiger partial charge on any atom is -0.504 e. The SMILES string of the molecule is Oc1ccccc1Oc1cccc(Br)c1O. The molecular weight excluding hydrogens is 272 g/mol. The van der Waals surface area contributed by atoms with E-state index in [1.807, 2.05) is 0 Å². The molecule has 2 rings (SSSR count). The molecule has 0 bridgehead atoms. The maximum atomic E-state index is 9.70. The van der Waals surface area contributed by atoms with E-state index < -0.39 is 0 Å². The molecule has 2 aromatic rings. The minimum atomic E-state index is 0.00533. The van der Waals surface area contributed by atoms with E-state index in [-0.39, 0.29) is 17.2 Å². The van der Waals surface area contributed by atoms with Crippen LogP contribution in [-0.2, 0) is 0 Å². The molecule has 0 aliphatic heterocycles. The number of phenolic OH excluding ortho intramolecular Hbond substituents is 2. The van der Waals surface area contributed by atoms with Crippen LogP contribution >= 0.6 is 15.9 Å². The topological polar surface area (TPSA) is 49.7 Å². The van der Waals surface area contributed by atoms with Crippen molar-refractivity contribution >= 4 is 15.9 Å². The summed E-state index contributed by atoms with van der Waals surface area (Å²) in [5.74, 6) is 0.624. The highest BCUT2D eigenvalue weighted by atomic mass is 79.9. The first-order valence-electron chi connectivity index (χ1n) is 4.62. The minimum absolute atomic E-state index is 0.00533. The van der Waals surface area contributed by atoms with E-state index in [0.29, 0.717) is 10.2 Å². The van der Waals surface area contributed by atoms with Gasteiger partial charge in [0.15, 0.2) is 23.0 Å². The fourth-order valence-corrected chi connectivity index (χ4v) is 1.59. The molecule has 0 saturated carbocycles. The van der Waals surface area contributed by atoms with E-state index in [9.17, 15) is 10.2 Å². The molecule has 0 aliphatic carbocycles. The lowest BCUT2D eigenvalue weighted by Gasteiger charge is -2.09. The summed E-state index contributed by atoms with van der Waals surface area (Å²) in [6, 6.07) is 11.6. The summed E-state index contributed by atoms with van der Waals surface area (Å²) >= 11 is 3.19. The number of hydrogen-bond donors (Lipinski definition) is 2. The van der Waals surface area contributed by atoms with Gasteiger partial charge in [-0.15, -0.1) is 0 Å². The highest BCUT2D eigenvalue weighted by Crippen LogP contribution is 2.38. The van der Waals surface area contributed by atoms with Crippen molar-refractivity contribution in [1.82, 2.24) is 0 Å². The van der Waals surface area contributed by atoms with Gasteiger partial charge in [-0.05, 0) is 40.2 Å². The second-order valence-corrected chi connectivity index (χ2v) is 4.01. The van der Waals surface area contributed by atoms with Crippen molar-refractivity contribution in [1.29, 1.82) is 0 Å². The number of rotatable bonds is 2. The van der Waals surface area contributed by atoms with Crippen molar-refractivity contribution in [2.75, 3.05) is 0 Å². The highest BCUT2D eigenvalue weighted by Gasteiger charge is 2.08.